The quantitative estimate of drug-likeness (QED) is 0.543. The molecule has 0 atom stereocenters. The van der Waals surface area contributed by atoms with Crippen LogP contribution in [0.1, 0.15) is 0 Å². The molecule has 0 saturated heterocycles. The number of hydrogen-bond donors (Lipinski definition) is 1. The lowest BCUT2D eigenvalue weighted by Gasteiger charge is -2.15. The molecule has 0 saturated carbocycles. The Morgan fingerprint density at radius 2 is 2.00 bits per heavy atom. The van der Waals surface area contributed by atoms with Crippen LogP contribution in [0.15, 0.2) is 42.7 Å². The number of nitrogens with one attached hydrogen (secondary N) is 1. The van der Waals surface area contributed by atoms with E-state index in [1.807, 2.05) is 6.07 Å². The summed E-state index contributed by atoms with van der Waals surface area (Å²) >= 11 is 0. The maximum absolute atomic E-state index is 5.91. The monoisotopic (exact) mass is 313 g/mol. The molecule has 0 aliphatic carbocycles. The molecule has 0 aliphatic rings. The van der Waals surface area contributed by atoms with E-state index in [9.17, 15) is 0 Å². The molecule has 0 spiro atoms. The number of aromatic amines is 1. The maximum atomic E-state index is 5.91. The Labute approximate surface area is 132 Å². The SMILES string of the molecule is C[Si](C)(C)CCOCn1cc(-c2ccn[nH]2)c2ccccc21. The Morgan fingerprint density at radius 1 is 1.18 bits per heavy atom. The lowest BCUT2D eigenvalue weighted by Crippen LogP contribution is -2.21. The normalized spacial score (nSPS) is 12.1. The molecule has 2 aromatic heterocycles. The summed E-state index contributed by atoms with van der Waals surface area (Å²) in [4.78, 5) is 0. The molecule has 4 nitrogen and oxygen atoms in total. The van der Waals surface area contributed by atoms with Crippen molar-refractivity contribution >= 4 is 19.0 Å². The van der Waals surface area contributed by atoms with Gasteiger partial charge in [-0.1, -0.05) is 37.8 Å². The van der Waals surface area contributed by atoms with Crippen LogP contribution < -0.4 is 0 Å². The Hall–Kier alpha value is -1.85. The molecule has 5 heteroatoms. The Kier molecular flexibility index (Phi) is 4.18. The highest BCUT2D eigenvalue weighted by Gasteiger charge is 2.13. The first-order valence-corrected chi connectivity index (χ1v) is 11.4. The van der Waals surface area contributed by atoms with Gasteiger partial charge in [0.2, 0.25) is 0 Å². The molecule has 3 rings (SSSR count). The lowest BCUT2D eigenvalue weighted by atomic mass is 10.1. The van der Waals surface area contributed by atoms with E-state index in [1.54, 1.807) is 6.20 Å². The van der Waals surface area contributed by atoms with Crippen LogP contribution in [-0.4, -0.2) is 29.4 Å². The summed E-state index contributed by atoms with van der Waals surface area (Å²) in [7, 11) is -1.03. The molecule has 0 unspecified atom stereocenters. The summed E-state index contributed by atoms with van der Waals surface area (Å²) in [6.45, 7) is 8.55. The number of rotatable bonds is 6. The van der Waals surface area contributed by atoms with Crippen molar-refractivity contribution < 1.29 is 4.74 Å². The fourth-order valence-electron chi connectivity index (χ4n) is 2.52. The zero-order valence-electron chi connectivity index (χ0n) is 13.5. The number of hydrogen-bond acceptors (Lipinski definition) is 2. The van der Waals surface area contributed by atoms with Gasteiger partial charge in [0.15, 0.2) is 0 Å². The van der Waals surface area contributed by atoms with E-state index in [-0.39, 0.29) is 0 Å². The first-order chi connectivity index (χ1) is 10.5. The number of benzene rings is 1. The van der Waals surface area contributed by atoms with E-state index in [4.69, 9.17) is 4.74 Å². The molecule has 22 heavy (non-hydrogen) atoms. The van der Waals surface area contributed by atoms with E-state index in [0.717, 1.165) is 12.3 Å². The van der Waals surface area contributed by atoms with Gasteiger partial charge < -0.3 is 9.30 Å². The van der Waals surface area contributed by atoms with Gasteiger partial charge >= 0.3 is 0 Å². The predicted octanol–water partition coefficient (Wildman–Crippen LogP) is 4.34. The summed E-state index contributed by atoms with van der Waals surface area (Å²) in [6.07, 6.45) is 3.93. The maximum Gasteiger partial charge on any atom is 0.122 e. The number of nitrogens with zero attached hydrogens (tertiary/aromatic N) is 2. The smallest absolute Gasteiger partial charge is 0.122 e. The molecule has 0 fully saturated rings. The number of fused-ring (bicyclic) bond motifs is 1. The molecule has 0 radical (unpaired) electrons. The van der Waals surface area contributed by atoms with Crippen molar-refractivity contribution in [2.75, 3.05) is 6.61 Å². The summed E-state index contributed by atoms with van der Waals surface area (Å²) in [5, 5.41) is 8.33. The number of ether oxygens (including phenoxy) is 1. The largest absolute Gasteiger partial charge is 0.361 e. The van der Waals surface area contributed by atoms with Crippen molar-refractivity contribution in [3.63, 3.8) is 0 Å². The van der Waals surface area contributed by atoms with E-state index in [2.05, 4.69) is 64.9 Å². The minimum absolute atomic E-state index is 0.596. The molecule has 1 N–H and O–H groups in total. The minimum Gasteiger partial charge on any atom is -0.361 e. The third-order valence-electron chi connectivity index (χ3n) is 3.81. The zero-order valence-corrected chi connectivity index (χ0v) is 14.5. The van der Waals surface area contributed by atoms with Crippen molar-refractivity contribution in [3.05, 3.63) is 42.7 Å². The highest BCUT2D eigenvalue weighted by molar-refractivity contribution is 6.76. The highest BCUT2D eigenvalue weighted by atomic mass is 28.3. The Balaban J connectivity index is 1.81. The van der Waals surface area contributed by atoms with Crippen LogP contribution in [0, 0.1) is 0 Å². The number of H-pyrrole nitrogens is 1. The molecule has 0 aliphatic heterocycles. The molecule has 116 valence electrons. The third-order valence-corrected chi connectivity index (χ3v) is 5.51. The van der Waals surface area contributed by atoms with Gasteiger partial charge in [0, 0.05) is 38.0 Å². The van der Waals surface area contributed by atoms with E-state index in [0.29, 0.717) is 6.73 Å². The topological polar surface area (TPSA) is 42.8 Å². The first kappa shape index (κ1) is 15.1. The molecule has 0 bridgehead atoms. The minimum atomic E-state index is -1.03. The van der Waals surface area contributed by atoms with Crippen LogP contribution in [0.2, 0.25) is 25.7 Å². The van der Waals surface area contributed by atoms with Gasteiger partial charge in [-0.3, -0.25) is 5.10 Å². The van der Waals surface area contributed by atoms with E-state index in [1.165, 1.54) is 22.5 Å². The van der Waals surface area contributed by atoms with E-state index < -0.39 is 8.07 Å². The summed E-state index contributed by atoms with van der Waals surface area (Å²) < 4.78 is 8.08. The number of para-hydroxylation sites is 1. The fourth-order valence-corrected chi connectivity index (χ4v) is 3.27. The van der Waals surface area contributed by atoms with Gasteiger partial charge in [0.25, 0.3) is 0 Å². The number of aromatic nitrogens is 3. The summed E-state index contributed by atoms with van der Waals surface area (Å²) in [5.41, 5.74) is 3.40. The average Bonchev–Trinajstić information content (AvgIpc) is 3.10. The van der Waals surface area contributed by atoms with Gasteiger partial charge in [-0.2, -0.15) is 5.10 Å². The molecular formula is C17H23N3OSi. The predicted molar refractivity (Wildman–Crippen MR) is 93.6 cm³/mol. The van der Waals surface area contributed by atoms with Crippen molar-refractivity contribution in [3.8, 4) is 11.3 Å². The highest BCUT2D eigenvalue weighted by Crippen LogP contribution is 2.29. The van der Waals surface area contributed by atoms with Crippen molar-refractivity contribution in [1.29, 1.82) is 0 Å². The van der Waals surface area contributed by atoms with Gasteiger partial charge in [-0.25, -0.2) is 0 Å². The first-order valence-electron chi connectivity index (χ1n) is 7.70. The second-order valence-electron chi connectivity index (χ2n) is 6.85. The van der Waals surface area contributed by atoms with Crippen LogP contribution in [0.25, 0.3) is 22.2 Å². The summed E-state index contributed by atoms with van der Waals surface area (Å²) in [6, 6.07) is 11.6. The summed E-state index contributed by atoms with van der Waals surface area (Å²) in [5.74, 6) is 0. The van der Waals surface area contributed by atoms with Crippen molar-refractivity contribution in [2.24, 2.45) is 0 Å². The van der Waals surface area contributed by atoms with Gasteiger partial charge in [0.05, 0.1) is 11.2 Å². The van der Waals surface area contributed by atoms with Crippen LogP contribution in [0.5, 0.6) is 0 Å². The van der Waals surface area contributed by atoms with Gasteiger partial charge in [-0.15, -0.1) is 0 Å². The molecule has 1 aromatic carbocycles. The standard InChI is InChI=1S/C17H23N3OSi/c1-22(2,3)11-10-21-13-20-12-15(16-8-9-18-19-16)14-6-4-5-7-17(14)20/h4-9,12H,10-11,13H2,1-3H3,(H,18,19). The lowest BCUT2D eigenvalue weighted by molar-refractivity contribution is 0.0903. The molecule has 2 heterocycles. The molecular weight excluding hydrogens is 290 g/mol. The second-order valence-corrected chi connectivity index (χ2v) is 12.5. The van der Waals surface area contributed by atoms with Crippen LogP contribution in [-0.2, 0) is 11.5 Å². The Bertz CT molecular complexity index is 741. The van der Waals surface area contributed by atoms with Gasteiger partial charge in [0.1, 0.15) is 6.73 Å². The fraction of sp³-hybridized carbons (Fsp3) is 0.353. The van der Waals surface area contributed by atoms with Crippen molar-refractivity contribution in [2.45, 2.75) is 32.4 Å². The van der Waals surface area contributed by atoms with E-state index >= 15 is 0 Å². The zero-order chi connectivity index (χ0) is 15.6. The molecule has 3 aromatic rings. The molecule has 0 amide bonds. The Morgan fingerprint density at radius 3 is 2.73 bits per heavy atom. The van der Waals surface area contributed by atoms with Crippen LogP contribution >= 0.6 is 0 Å². The van der Waals surface area contributed by atoms with Crippen LogP contribution in [0.3, 0.4) is 0 Å². The third kappa shape index (κ3) is 3.31. The second kappa shape index (κ2) is 6.10. The van der Waals surface area contributed by atoms with Crippen LogP contribution in [0.4, 0.5) is 0 Å². The van der Waals surface area contributed by atoms with Crippen molar-refractivity contribution in [1.82, 2.24) is 14.8 Å². The van der Waals surface area contributed by atoms with Gasteiger partial charge in [-0.05, 0) is 18.2 Å². The average molecular weight is 313 g/mol.